The normalized spacial score (nSPS) is 10.6. The van der Waals surface area contributed by atoms with Gasteiger partial charge < -0.3 is 5.32 Å². The summed E-state index contributed by atoms with van der Waals surface area (Å²) in [5.74, 6) is -0.192. The molecule has 1 amide bonds. The van der Waals surface area contributed by atoms with Crippen molar-refractivity contribution in [1.82, 2.24) is 4.98 Å². The molecule has 4 heteroatoms. The molecular formula is C15H13ClN2O. The number of nitrogens with one attached hydrogen (secondary N) is 1. The molecule has 3 nitrogen and oxygen atoms in total. The van der Waals surface area contributed by atoms with Crippen LogP contribution in [0.15, 0.2) is 48.8 Å². The summed E-state index contributed by atoms with van der Waals surface area (Å²) in [4.78, 5) is 15.7. The van der Waals surface area contributed by atoms with Crippen LogP contribution < -0.4 is 5.32 Å². The number of carbonyl (C=O) groups is 1. The van der Waals surface area contributed by atoms with Gasteiger partial charge in [0.15, 0.2) is 0 Å². The molecule has 0 saturated carbocycles. The highest BCUT2D eigenvalue weighted by molar-refractivity contribution is 6.31. The molecule has 0 aliphatic rings. The van der Waals surface area contributed by atoms with Gasteiger partial charge in [-0.15, -0.1) is 0 Å². The van der Waals surface area contributed by atoms with Crippen molar-refractivity contribution >= 4 is 29.3 Å². The molecule has 0 unspecified atom stereocenters. The third-order valence-electron chi connectivity index (χ3n) is 2.59. The Balaban J connectivity index is 2.06. The minimum atomic E-state index is -0.192. The lowest BCUT2D eigenvalue weighted by Gasteiger charge is -2.06. The molecular weight excluding hydrogens is 260 g/mol. The number of halogens is 1. The maximum Gasteiger partial charge on any atom is 0.248 e. The third kappa shape index (κ3) is 3.93. The number of aryl methyl sites for hydroxylation is 1. The molecule has 0 fully saturated rings. The maximum absolute atomic E-state index is 11.8. The van der Waals surface area contributed by atoms with Crippen LogP contribution in [0.1, 0.15) is 11.1 Å². The van der Waals surface area contributed by atoms with Gasteiger partial charge in [-0.3, -0.25) is 9.78 Å². The highest BCUT2D eigenvalue weighted by Gasteiger charge is 2.02. The first kappa shape index (κ1) is 13.3. The molecule has 19 heavy (non-hydrogen) atoms. The van der Waals surface area contributed by atoms with Crippen molar-refractivity contribution in [1.29, 1.82) is 0 Å². The SMILES string of the molecule is Cc1ccc(Cl)cc1NC(=O)/C=C/c1ccncc1. The summed E-state index contributed by atoms with van der Waals surface area (Å²) in [5.41, 5.74) is 2.61. The molecule has 96 valence electrons. The van der Waals surface area contributed by atoms with E-state index in [-0.39, 0.29) is 5.91 Å². The first-order chi connectivity index (χ1) is 9.15. The van der Waals surface area contributed by atoms with Crippen molar-refractivity contribution in [2.24, 2.45) is 0 Å². The monoisotopic (exact) mass is 272 g/mol. The summed E-state index contributed by atoms with van der Waals surface area (Å²) in [6.45, 7) is 1.92. The van der Waals surface area contributed by atoms with E-state index in [9.17, 15) is 4.79 Å². The standard InChI is InChI=1S/C15H13ClN2O/c1-11-2-4-13(16)10-14(11)18-15(19)5-3-12-6-8-17-9-7-12/h2-10H,1H3,(H,18,19)/b5-3+. The van der Waals surface area contributed by atoms with E-state index >= 15 is 0 Å². The third-order valence-corrected chi connectivity index (χ3v) is 2.83. The van der Waals surface area contributed by atoms with Crippen molar-refractivity contribution in [3.05, 3.63) is 65.0 Å². The molecule has 0 aliphatic carbocycles. The zero-order valence-corrected chi connectivity index (χ0v) is 11.2. The predicted octanol–water partition coefficient (Wildman–Crippen LogP) is 3.70. The molecule has 0 saturated heterocycles. The minimum absolute atomic E-state index is 0.192. The number of aromatic nitrogens is 1. The van der Waals surface area contributed by atoms with Crippen molar-refractivity contribution < 1.29 is 4.79 Å². The Kier molecular flexibility index (Phi) is 4.31. The number of hydrogen-bond donors (Lipinski definition) is 1. The number of amides is 1. The van der Waals surface area contributed by atoms with Crippen LogP contribution in [0.2, 0.25) is 5.02 Å². The summed E-state index contributed by atoms with van der Waals surface area (Å²) in [5, 5.41) is 3.39. The number of rotatable bonds is 3. The second-order valence-electron chi connectivity index (χ2n) is 4.06. The van der Waals surface area contributed by atoms with Gasteiger partial charge in [-0.2, -0.15) is 0 Å². The quantitative estimate of drug-likeness (QED) is 0.866. The fraction of sp³-hybridized carbons (Fsp3) is 0.0667. The zero-order valence-electron chi connectivity index (χ0n) is 10.4. The molecule has 1 aromatic carbocycles. The van der Waals surface area contributed by atoms with Crippen LogP contribution in [0.4, 0.5) is 5.69 Å². The van der Waals surface area contributed by atoms with E-state index in [4.69, 9.17) is 11.6 Å². The topological polar surface area (TPSA) is 42.0 Å². The second kappa shape index (κ2) is 6.16. The van der Waals surface area contributed by atoms with Gasteiger partial charge in [-0.25, -0.2) is 0 Å². The maximum atomic E-state index is 11.8. The fourth-order valence-electron chi connectivity index (χ4n) is 1.55. The second-order valence-corrected chi connectivity index (χ2v) is 4.50. The lowest BCUT2D eigenvalue weighted by molar-refractivity contribution is -0.111. The summed E-state index contributed by atoms with van der Waals surface area (Å²) in [7, 11) is 0. The number of benzene rings is 1. The van der Waals surface area contributed by atoms with Crippen LogP contribution >= 0.6 is 11.6 Å². The summed E-state index contributed by atoms with van der Waals surface area (Å²) in [6.07, 6.45) is 6.57. The van der Waals surface area contributed by atoms with Crippen molar-refractivity contribution in [2.75, 3.05) is 5.32 Å². The highest BCUT2D eigenvalue weighted by atomic mass is 35.5. The first-order valence-electron chi connectivity index (χ1n) is 5.80. The van der Waals surface area contributed by atoms with Crippen LogP contribution in [0, 0.1) is 6.92 Å². The molecule has 1 N–H and O–H groups in total. The van der Waals surface area contributed by atoms with Gasteiger partial charge in [0.1, 0.15) is 0 Å². The highest BCUT2D eigenvalue weighted by Crippen LogP contribution is 2.20. The lowest BCUT2D eigenvalue weighted by atomic mass is 10.2. The van der Waals surface area contributed by atoms with Gasteiger partial charge in [-0.05, 0) is 48.4 Å². The molecule has 0 aliphatic heterocycles. The fourth-order valence-corrected chi connectivity index (χ4v) is 1.72. The number of hydrogen-bond acceptors (Lipinski definition) is 2. The van der Waals surface area contributed by atoms with Gasteiger partial charge in [0, 0.05) is 29.2 Å². The molecule has 1 heterocycles. The molecule has 0 radical (unpaired) electrons. The van der Waals surface area contributed by atoms with E-state index in [2.05, 4.69) is 10.3 Å². The Bertz CT molecular complexity index is 609. The number of carbonyl (C=O) groups excluding carboxylic acids is 1. The van der Waals surface area contributed by atoms with E-state index < -0.39 is 0 Å². The molecule has 0 bridgehead atoms. The number of pyridine rings is 1. The Morgan fingerprint density at radius 3 is 2.74 bits per heavy atom. The van der Waals surface area contributed by atoms with E-state index in [1.807, 2.05) is 25.1 Å². The van der Waals surface area contributed by atoms with E-state index in [0.717, 1.165) is 16.8 Å². The van der Waals surface area contributed by atoms with Crippen LogP contribution in [0.3, 0.4) is 0 Å². The Morgan fingerprint density at radius 1 is 1.26 bits per heavy atom. The Hall–Kier alpha value is -2.13. The largest absolute Gasteiger partial charge is 0.322 e. The van der Waals surface area contributed by atoms with Crippen LogP contribution in [0.5, 0.6) is 0 Å². The van der Waals surface area contributed by atoms with Gasteiger partial charge >= 0.3 is 0 Å². The van der Waals surface area contributed by atoms with E-state index in [1.165, 1.54) is 6.08 Å². The average Bonchev–Trinajstić information content (AvgIpc) is 2.42. The van der Waals surface area contributed by atoms with Crippen molar-refractivity contribution in [3.63, 3.8) is 0 Å². The van der Waals surface area contributed by atoms with E-state index in [0.29, 0.717) is 5.02 Å². The molecule has 2 aromatic rings. The average molecular weight is 273 g/mol. The Labute approximate surface area is 116 Å². The van der Waals surface area contributed by atoms with Gasteiger partial charge in [0.05, 0.1) is 0 Å². The number of nitrogens with zero attached hydrogens (tertiary/aromatic N) is 1. The zero-order chi connectivity index (χ0) is 13.7. The summed E-state index contributed by atoms with van der Waals surface area (Å²) in [6, 6.07) is 9.04. The van der Waals surface area contributed by atoms with Gasteiger partial charge in [0.25, 0.3) is 0 Å². The number of anilines is 1. The first-order valence-corrected chi connectivity index (χ1v) is 6.18. The van der Waals surface area contributed by atoms with Crippen molar-refractivity contribution in [3.8, 4) is 0 Å². The van der Waals surface area contributed by atoms with Crippen LogP contribution in [-0.2, 0) is 4.79 Å². The minimum Gasteiger partial charge on any atom is -0.322 e. The van der Waals surface area contributed by atoms with Crippen LogP contribution in [0.25, 0.3) is 6.08 Å². The summed E-state index contributed by atoms with van der Waals surface area (Å²) >= 11 is 5.90. The Morgan fingerprint density at radius 2 is 2.00 bits per heavy atom. The summed E-state index contributed by atoms with van der Waals surface area (Å²) < 4.78 is 0. The van der Waals surface area contributed by atoms with Gasteiger partial charge in [-0.1, -0.05) is 17.7 Å². The molecule has 1 aromatic heterocycles. The molecule has 0 spiro atoms. The smallest absolute Gasteiger partial charge is 0.248 e. The van der Waals surface area contributed by atoms with Crippen LogP contribution in [-0.4, -0.2) is 10.9 Å². The molecule has 2 rings (SSSR count). The predicted molar refractivity (Wildman–Crippen MR) is 78.1 cm³/mol. The van der Waals surface area contributed by atoms with E-state index in [1.54, 1.807) is 30.6 Å². The van der Waals surface area contributed by atoms with Gasteiger partial charge in [0.2, 0.25) is 5.91 Å². The molecule has 0 atom stereocenters. The van der Waals surface area contributed by atoms with Crippen molar-refractivity contribution in [2.45, 2.75) is 6.92 Å². The lowest BCUT2D eigenvalue weighted by Crippen LogP contribution is -2.08.